The highest BCUT2D eigenvalue weighted by Crippen LogP contribution is 2.44. The van der Waals surface area contributed by atoms with Gasteiger partial charge in [0.15, 0.2) is 0 Å². The van der Waals surface area contributed by atoms with Crippen LogP contribution >= 0.6 is 23.2 Å². The van der Waals surface area contributed by atoms with E-state index in [1.165, 1.54) is 44.8 Å². The van der Waals surface area contributed by atoms with Crippen molar-refractivity contribution >= 4 is 98.3 Å². The fourth-order valence-electron chi connectivity index (χ4n) is 10.7. The average molecular weight is 1110 g/mol. The van der Waals surface area contributed by atoms with E-state index in [1.807, 2.05) is 85.2 Å². The van der Waals surface area contributed by atoms with E-state index in [1.54, 1.807) is 37.3 Å². The zero-order valence-corrected chi connectivity index (χ0v) is 46.3. The molecule has 1 atom stereocenters. The number of rotatable bonds is 16. The lowest BCUT2D eigenvalue weighted by atomic mass is 9.96. The number of pyridine rings is 1. The minimum absolute atomic E-state index is 0.162. The molecule has 2 amide bonds. The smallest absolute Gasteiger partial charge is 0.247 e. The molecule has 3 aliphatic heterocycles. The van der Waals surface area contributed by atoms with Crippen LogP contribution in [0.2, 0.25) is 10.0 Å². The van der Waals surface area contributed by atoms with Gasteiger partial charge in [-0.2, -0.15) is 5.10 Å². The second kappa shape index (κ2) is 25.1. The fourth-order valence-corrected chi connectivity index (χ4v) is 11.0. The summed E-state index contributed by atoms with van der Waals surface area (Å²) >= 11 is 13.0. The highest BCUT2D eigenvalue weighted by atomic mass is 35.5. The van der Waals surface area contributed by atoms with Crippen LogP contribution < -0.4 is 41.0 Å². The molecule has 11 rings (SSSR count). The number of methoxy groups -OCH3 is 2. The second-order valence-electron chi connectivity index (χ2n) is 19.5. The third-order valence-corrected chi connectivity index (χ3v) is 15.4. The molecule has 3 aromatic carbocycles. The normalized spacial score (nSPS) is 16.0. The van der Waals surface area contributed by atoms with Gasteiger partial charge in [-0.1, -0.05) is 66.7 Å². The van der Waals surface area contributed by atoms with Crippen LogP contribution in [0.15, 0.2) is 117 Å². The van der Waals surface area contributed by atoms with Crippen molar-refractivity contribution in [2.24, 2.45) is 5.73 Å². The maximum atomic E-state index is 12.4. The molecule has 0 bridgehead atoms. The number of benzene rings is 3. The molecule has 79 heavy (non-hydrogen) atoms. The number of nitrogens with one attached hydrogen (secondary N) is 4. The van der Waals surface area contributed by atoms with Crippen LogP contribution in [0.1, 0.15) is 37.7 Å². The number of likely N-dealkylation sites (tertiary alicyclic amines) is 2. The van der Waals surface area contributed by atoms with Gasteiger partial charge in [-0.3, -0.25) is 14.5 Å². The van der Waals surface area contributed by atoms with Crippen LogP contribution in [0.5, 0.6) is 11.5 Å². The number of nitrogens with two attached hydrogens (primary N) is 1. The number of ether oxygens (including phenoxy) is 2. The Labute approximate surface area is 469 Å². The summed E-state index contributed by atoms with van der Waals surface area (Å²) in [6, 6.07) is 21.7. The number of likely N-dealkylation sites (N-methyl/N-ethyl adjacent to an activating group) is 2. The molecular weight excluding hydrogens is 1040 g/mol. The number of nitrogens with zero attached hydrogens (tertiary/aromatic N) is 10. The monoisotopic (exact) mass is 1110 g/mol. The Morgan fingerprint density at radius 2 is 1.52 bits per heavy atom. The molecule has 21 heteroatoms. The summed E-state index contributed by atoms with van der Waals surface area (Å²) in [5.74, 6) is 1.78. The maximum Gasteiger partial charge on any atom is 0.247 e. The third-order valence-electron chi connectivity index (χ3n) is 14.8. The Bertz CT molecular complexity index is 3490. The van der Waals surface area contributed by atoms with E-state index in [4.69, 9.17) is 47.4 Å². The van der Waals surface area contributed by atoms with Crippen LogP contribution in [0.25, 0.3) is 45.0 Å². The summed E-state index contributed by atoms with van der Waals surface area (Å²) in [7, 11) is 7.61. The lowest BCUT2D eigenvalue weighted by Crippen LogP contribution is -2.43. The number of carbonyl (C=O) groups is 2. The molecule has 5 aromatic heterocycles. The lowest BCUT2D eigenvalue weighted by molar-refractivity contribution is -0.112. The van der Waals surface area contributed by atoms with Crippen molar-refractivity contribution in [2.45, 2.75) is 37.6 Å². The molecule has 0 aliphatic carbocycles. The standard InChI is InChI=1S/C29H31ClN8O2.C28H31ClN6O.CH3NO/c1-4-26(39)33-21-14-22(25(40-3)15-24(21)37-13-10-29(18-37)9-7-11-36(29)2)34-28-31-17-20(30)27(35-28)19-16-32-38-12-6-5-8-23(19)38;1-4-19-15-24(26(36-3)16-25(19)34(2)13-14-35-11-7-8-12-35)32-28-31-18-22(29)27(33-28)21-17-30-23-10-6-5-9-20(21)23;2-1-3/h4-6,8,12,14-17H,1,7,9-11,13,18H2,2-3H3,(H,33,39)(H,31,34,35);4-6,9-10,15-18,30H,1,7-8,11-14H2,2-3H3,(H,31,32,33);1H,(H2,2,3). The molecule has 3 saturated heterocycles. The number of aromatic nitrogens is 7. The largest absolute Gasteiger partial charge is 0.494 e. The molecule has 3 fully saturated rings. The first-order valence-electron chi connectivity index (χ1n) is 26.0. The van der Waals surface area contributed by atoms with E-state index in [0.29, 0.717) is 56.2 Å². The van der Waals surface area contributed by atoms with Crippen LogP contribution in [0, 0.1) is 0 Å². The number of H-pyrrole nitrogens is 1. The number of hydrogen-bond acceptors (Lipinski definition) is 15. The number of anilines is 7. The summed E-state index contributed by atoms with van der Waals surface area (Å²) < 4.78 is 13.3. The van der Waals surface area contributed by atoms with Gasteiger partial charge in [0, 0.05) is 91.0 Å². The van der Waals surface area contributed by atoms with Crippen molar-refractivity contribution in [3.8, 4) is 34.0 Å². The molecule has 1 spiro atoms. The van der Waals surface area contributed by atoms with Crippen LogP contribution in [-0.4, -0.2) is 136 Å². The quantitative estimate of drug-likeness (QED) is 0.0450. The first kappa shape index (κ1) is 55.5. The van der Waals surface area contributed by atoms with Crippen molar-refractivity contribution in [3.63, 3.8) is 0 Å². The molecule has 1 unspecified atom stereocenters. The van der Waals surface area contributed by atoms with E-state index in [9.17, 15) is 4.79 Å². The number of hydrogen-bond donors (Lipinski definition) is 5. The van der Waals surface area contributed by atoms with Crippen molar-refractivity contribution in [1.82, 2.24) is 44.3 Å². The number of carbonyl (C=O) groups excluding carboxylic acids is 2. The lowest BCUT2D eigenvalue weighted by Gasteiger charge is -2.33. The molecule has 0 saturated carbocycles. The molecule has 0 radical (unpaired) electrons. The third kappa shape index (κ3) is 12.2. The fraction of sp³-hybridized carbons (Fsp3) is 0.293. The Morgan fingerprint density at radius 3 is 2.19 bits per heavy atom. The Morgan fingerprint density at radius 1 is 0.848 bits per heavy atom. The zero-order valence-electron chi connectivity index (χ0n) is 44.8. The molecule has 8 heterocycles. The highest BCUT2D eigenvalue weighted by Gasteiger charge is 2.44. The van der Waals surface area contributed by atoms with Crippen molar-refractivity contribution in [2.75, 3.05) is 99.9 Å². The van der Waals surface area contributed by atoms with Gasteiger partial charge in [-0.25, -0.2) is 24.5 Å². The Hall–Kier alpha value is -8.23. The summed E-state index contributed by atoms with van der Waals surface area (Å²) in [6.45, 7) is 14.9. The van der Waals surface area contributed by atoms with E-state index in [0.717, 1.165) is 89.3 Å². The maximum absolute atomic E-state index is 12.4. The van der Waals surface area contributed by atoms with E-state index < -0.39 is 0 Å². The molecular formula is C58H65Cl2N15O4. The summed E-state index contributed by atoms with van der Waals surface area (Å²) in [4.78, 5) is 52.2. The second-order valence-corrected chi connectivity index (χ2v) is 20.3. The summed E-state index contributed by atoms with van der Waals surface area (Å²) in [5.41, 5.74) is 14.2. The first-order valence-corrected chi connectivity index (χ1v) is 26.8. The topological polar surface area (TPSA) is 212 Å². The zero-order chi connectivity index (χ0) is 55.6. The van der Waals surface area contributed by atoms with Gasteiger partial charge in [-0.05, 0) is 101 Å². The van der Waals surface area contributed by atoms with Crippen molar-refractivity contribution in [1.29, 1.82) is 0 Å². The van der Waals surface area contributed by atoms with Crippen LogP contribution in [0.3, 0.4) is 0 Å². The minimum atomic E-state index is -0.289. The SMILES string of the molecule is C=CC(=O)Nc1cc(Nc2ncc(Cl)c(-c3cnn4ccccc34)n2)c(OC)cc1N1CCC2(CCCN2C)C1.C=Cc1cc(Nc2ncc(Cl)c(-c3c[nH]c4ccccc34)n2)c(OC)cc1N(C)CCN1CCCC1.NC=O. The summed E-state index contributed by atoms with van der Waals surface area (Å²) in [5, 5.41) is 15.9. The number of fused-ring (bicyclic) bond motifs is 2. The Kier molecular flexibility index (Phi) is 17.6. The van der Waals surface area contributed by atoms with E-state index >= 15 is 0 Å². The predicted molar refractivity (Wildman–Crippen MR) is 318 cm³/mol. The number of para-hydroxylation sites is 1. The van der Waals surface area contributed by atoms with Gasteiger partial charge < -0.3 is 50.8 Å². The predicted octanol–water partition coefficient (Wildman–Crippen LogP) is 10.3. The first-order chi connectivity index (χ1) is 38.4. The van der Waals surface area contributed by atoms with Gasteiger partial charge >= 0.3 is 0 Å². The number of halogens is 2. The number of primary amides is 1. The molecule has 8 aromatic rings. The molecule has 410 valence electrons. The van der Waals surface area contributed by atoms with E-state index in [-0.39, 0.29) is 17.9 Å². The van der Waals surface area contributed by atoms with Crippen LogP contribution in [0.4, 0.5) is 40.3 Å². The van der Waals surface area contributed by atoms with Crippen molar-refractivity contribution < 1.29 is 19.1 Å². The van der Waals surface area contributed by atoms with Gasteiger partial charge in [0.25, 0.3) is 0 Å². The Balaban J connectivity index is 0.000000184. The van der Waals surface area contributed by atoms with E-state index in [2.05, 4.69) is 88.6 Å². The molecule has 6 N–H and O–H groups in total. The molecule has 19 nitrogen and oxygen atoms in total. The molecule has 3 aliphatic rings. The highest BCUT2D eigenvalue weighted by molar-refractivity contribution is 6.33. The minimum Gasteiger partial charge on any atom is -0.494 e. The van der Waals surface area contributed by atoms with Crippen molar-refractivity contribution in [3.05, 3.63) is 133 Å². The van der Waals surface area contributed by atoms with Crippen LogP contribution in [-0.2, 0) is 9.59 Å². The average Bonchev–Trinajstić information content (AvgIpc) is 4.38. The number of aromatic amines is 1. The van der Waals surface area contributed by atoms with Gasteiger partial charge in [0.2, 0.25) is 24.2 Å². The number of amides is 2. The summed E-state index contributed by atoms with van der Waals surface area (Å²) in [6.07, 6.45) is 18.1. The van der Waals surface area contributed by atoms with Gasteiger partial charge in [0.05, 0.1) is 82.5 Å². The van der Waals surface area contributed by atoms with Gasteiger partial charge in [-0.15, -0.1) is 0 Å². The van der Waals surface area contributed by atoms with Gasteiger partial charge in [0.1, 0.15) is 11.5 Å².